The fourth-order valence-corrected chi connectivity index (χ4v) is 4.43. The van der Waals surface area contributed by atoms with E-state index in [0.717, 1.165) is 29.2 Å². The van der Waals surface area contributed by atoms with E-state index in [9.17, 15) is 9.59 Å². The van der Waals surface area contributed by atoms with E-state index < -0.39 is 5.60 Å². The Morgan fingerprint density at radius 1 is 0.963 bits per heavy atom. The summed E-state index contributed by atoms with van der Waals surface area (Å²) in [5.74, 6) is -0.295. The highest BCUT2D eigenvalue weighted by Gasteiger charge is 2.48. The summed E-state index contributed by atoms with van der Waals surface area (Å²) in [6.07, 6.45) is 1.55. The van der Waals surface area contributed by atoms with Crippen LogP contribution in [0.2, 0.25) is 0 Å². The predicted octanol–water partition coefficient (Wildman–Crippen LogP) is 4.14. The summed E-state index contributed by atoms with van der Waals surface area (Å²) in [5, 5.41) is 2.00. The Morgan fingerprint density at radius 2 is 1.74 bits per heavy atom. The Bertz CT molecular complexity index is 1070. The third kappa shape index (κ3) is 2.44. The molecule has 0 saturated carbocycles. The molecule has 1 atom stereocenters. The van der Waals surface area contributed by atoms with Crippen LogP contribution in [0.5, 0.6) is 0 Å². The molecule has 2 heterocycles. The van der Waals surface area contributed by atoms with Crippen LogP contribution in [0.1, 0.15) is 39.1 Å². The van der Waals surface area contributed by atoms with Crippen molar-refractivity contribution in [1.29, 1.82) is 0 Å². The van der Waals surface area contributed by atoms with E-state index in [-0.39, 0.29) is 11.9 Å². The van der Waals surface area contributed by atoms with Gasteiger partial charge >= 0.3 is 5.97 Å². The van der Waals surface area contributed by atoms with Crippen molar-refractivity contribution >= 4 is 22.6 Å². The Hall–Kier alpha value is -3.14. The Labute approximate surface area is 157 Å². The first-order chi connectivity index (χ1) is 13.2. The third-order valence-electron chi connectivity index (χ3n) is 5.69. The number of hydrogen-bond donors (Lipinski definition) is 0. The fraction of sp³-hybridized carbons (Fsp3) is 0.217. The van der Waals surface area contributed by atoms with Gasteiger partial charge in [0.05, 0.1) is 12.1 Å². The highest BCUT2D eigenvalue weighted by atomic mass is 16.6. The predicted molar refractivity (Wildman–Crippen MR) is 103 cm³/mol. The monoisotopic (exact) mass is 357 g/mol. The first kappa shape index (κ1) is 16.1. The van der Waals surface area contributed by atoms with E-state index in [0.29, 0.717) is 24.2 Å². The quantitative estimate of drug-likeness (QED) is 0.615. The number of hydrogen-bond acceptors (Lipinski definition) is 3. The van der Waals surface area contributed by atoms with Crippen LogP contribution < -0.4 is 0 Å². The lowest BCUT2D eigenvalue weighted by Crippen LogP contribution is -2.48. The van der Waals surface area contributed by atoms with E-state index in [4.69, 9.17) is 4.74 Å². The SMILES string of the molecule is O=C1OC2(CCCN(C(=O)c3cccc4ccccc34)C2)c2ccccc21. The minimum absolute atomic E-state index is 0.00805. The summed E-state index contributed by atoms with van der Waals surface area (Å²) in [5.41, 5.74) is 1.51. The molecule has 1 amide bonds. The molecule has 1 spiro atoms. The minimum Gasteiger partial charge on any atom is -0.449 e. The molecule has 5 rings (SSSR count). The summed E-state index contributed by atoms with van der Waals surface area (Å²) in [6, 6.07) is 21.2. The molecule has 0 aliphatic carbocycles. The number of benzene rings is 3. The zero-order chi connectivity index (χ0) is 18.4. The topological polar surface area (TPSA) is 46.6 Å². The molecule has 1 saturated heterocycles. The number of nitrogens with zero attached hydrogens (tertiary/aromatic N) is 1. The fourth-order valence-electron chi connectivity index (χ4n) is 4.43. The standard InChI is InChI=1S/C23H19NO3/c25-21(18-11-5-8-16-7-1-2-9-17(16)18)24-14-6-13-23(15-24)20-12-4-3-10-19(20)22(26)27-23/h1-5,7-12H,6,13-15H2. The van der Waals surface area contributed by atoms with E-state index in [2.05, 4.69) is 0 Å². The highest BCUT2D eigenvalue weighted by molar-refractivity contribution is 6.07. The molecule has 1 fully saturated rings. The number of ether oxygens (including phenoxy) is 1. The Balaban J connectivity index is 1.52. The van der Waals surface area contributed by atoms with Crippen molar-refractivity contribution in [2.45, 2.75) is 18.4 Å². The van der Waals surface area contributed by atoms with Crippen LogP contribution in [0.4, 0.5) is 0 Å². The van der Waals surface area contributed by atoms with Crippen molar-refractivity contribution in [1.82, 2.24) is 4.90 Å². The van der Waals surface area contributed by atoms with Crippen LogP contribution >= 0.6 is 0 Å². The molecule has 3 aromatic rings. The van der Waals surface area contributed by atoms with Crippen molar-refractivity contribution in [3.05, 3.63) is 83.4 Å². The van der Waals surface area contributed by atoms with Gasteiger partial charge in [0, 0.05) is 17.7 Å². The molecule has 134 valence electrons. The van der Waals surface area contributed by atoms with E-state index in [1.165, 1.54) is 0 Å². The van der Waals surface area contributed by atoms with Gasteiger partial charge in [-0.05, 0) is 35.7 Å². The molecular weight excluding hydrogens is 338 g/mol. The number of fused-ring (bicyclic) bond motifs is 3. The minimum atomic E-state index is -0.716. The maximum absolute atomic E-state index is 13.3. The molecule has 0 N–H and O–H groups in total. The lowest BCUT2D eigenvalue weighted by atomic mass is 9.84. The lowest BCUT2D eigenvalue weighted by Gasteiger charge is -2.39. The van der Waals surface area contributed by atoms with Crippen LogP contribution in [0.15, 0.2) is 66.7 Å². The summed E-state index contributed by atoms with van der Waals surface area (Å²) < 4.78 is 5.83. The van der Waals surface area contributed by atoms with Crippen molar-refractivity contribution in [3.8, 4) is 0 Å². The van der Waals surface area contributed by atoms with Gasteiger partial charge in [-0.15, -0.1) is 0 Å². The number of likely N-dealkylation sites (tertiary alicyclic amines) is 1. The third-order valence-corrected chi connectivity index (χ3v) is 5.69. The second-order valence-electron chi connectivity index (χ2n) is 7.29. The lowest BCUT2D eigenvalue weighted by molar-refractivity contribution is -0.0442. The first-order valence-electron chi connectivity index (χ1n) is 9.28. The number of carbonyl (C=O) groups is 2. The van der Waals surface area contributed by atoms with Crippen LogP contribution in [0.25, 0.3) is 10.8 Å². The largest absolute Gasteiger partial charge is 0.449 e. The molecule has 4 nitrogen and oxygen atoms in total. The average molecular weight is 357 g/mol. The van der Waals surface area contributed by atoms with Gasteiger partial charge in [0.15, 0.2) is 5.60 Å². The van der Waals surface area contributed by atoms with Crippen LogP contribution in [0, 0.1) is 0 Å². The average Bonchev–Trinajstić information content (AvgIpc) is 2.98. The Kier molecular flexibility index (Phi) is 3.54. The number of esters is 1. The van der Waals surface area contributed by atoms with Gasteiger partial charge in [-0.2, -0.15) is 0 Å². The number of rotatable bonds is 1. The van der Waals surface area contributed by atoms with E-state index in [1.54, 1.807) is 6.07 Å². The molecule has 1 unspecified atom stereocenters. The number of carbonyl (C=O) groups excluding carboxylic acids is 2. The maximum atomic E-state index is 13.3. The molecule has 0 aromatic heterocycles. The van der Waals surface area contributed by atoms with E-state index in [1.807, 2.05) is 65.6 Å². The summed E-state index contributed by atoms with van der Waals surface area (Å²) >= 11 is 0. The van der Waals surface area contributed by atoms with Crippen LogP contribution in [0.3, 0.4) is 0 Å². The normalized spacial score (nSPS) is 21.3. The van der Waals surface area contributed by atoms with Crippen molar-refractivity contribution in [2.24, 2.45) is 0 Å². The van der Waals surface area contributed by atoms with Gasteiger partial charge in [-0.3, -0.25) is 4.79 Å². The second-order valence-corrected chi connectivity index (χ2v) is 7.29. The summed E-state index contributed by atoms with van der Waals surface area (Å²) in [4.78, 5) is 27.5. The second kappa shape index (κ2) is 5.95. The molecule has 27 heavy (non-hydrogen) atoms. The molecule has 2 aliphatic heterocycles. The smallest absolute Gasteiger partial charge is 0.339 e. The Morgan fingerprint density at radius 3 is 2.67 bits per heavy atom. The van der Waals surface area contributed by atoms with Gasteiger partial charge in [-0.25, -0.2) is 4.79 Å². The van der Waals surface area contributed by atoms with Crippen molar-refractivity contribution < 1.29 is 14.3 Å². The van der Waals surface area contributed by atoms with Gasteiger partial charge in [-0.1, -0.05) is 54.6 Å². The molecule has 0 bridgehead atoms. The van der Waals surface area contributed by atoms with E-state index >= 15 is 0 Å². The molecule has 3 aromatic carbocycles. The molecule has 0 radical (unpaired) electrons. The molecule has 2 aliphatic rings. The zero-order valence-electron chi connectivity index (χ0n) is 14.9. The first-order valence-corrected chi connectivity index (χ1v) is 9.28. The van der Waals surface area contributed by atoms with Crippen LogP contribution in [-0.2, 0) is 10.3 Å². The van der Waals surface area contributed by atoms with Gasteiger partial charge < -0.3 is 9.64 Å². The number of amides is 1. The number of piperidine rings is 1. The van der Waals surface area contributed by atoms with Gasteiger partial charge in [0.1, 0.15) is 0 Å². The van der Waals surface area contributed by atoms with Gasteiger partial charge in [0.25, 0.3) is 5.91 Å². The zero-order valence-corrected chi connectivity index (χ0v) is 14.9. The van der Waals surface area contributed by atoms with Gasteiger partial charge in [0.2, 0.25) is 0 Å². The molecule has 4 heteroatoms. The van der Waals surface area contributed by atoms with Crippen molar-refractivity contribution in [2.75, 3.05) is 13.1 Å². The molecular formula is C23H19NO3. The summed E-state index contributed by atoms with van der Waals surface area (Å²) in [7, 11) is 0. The van der Waals surface area contributed by atoms with Crippen molar-refractivity contribution in [3.63, 3.8) is 0 Å². The van der Waals surface area contributed by atoms with Crippen LogP contribution in [-0.4, -0.2) is 29.9 Å². The summed E-state index contributed by atoms with van der Waals surface area (Å²) in [6.45, 7) is 1.07. The highest BCUT2D eigenvalue weighted by Crippen LogP contribution is 2.43. The maximum Gasteiger partial charge on any atom is 0.339 e.